The van der Waals surface area contributed by atoms with E-state index in [0.29, 0.717) is 37.3 Å². The summed E-state index contributed by atoms with van der Waals surface area (Å²) in [5, 5.41) is 14.5. The molecule has 1 N–H and O–H groups in total. The van der Waals surface area contributed by atoms with E-state index in [0.717, 1.165) is 16.7 Å². The lowest BCUT2D eigenvalue weighted by Crippen LogP contribution is -2.26. The van der Waals surface area contributed by atoms with E-state index < -0.39 is 0 Å². The number of nitrogens with zero attached hydrogens (tertiary/aromatic N) is 4. The van der Waals surface area contributed by atoms with Crippen molar-refractivity contribution in [3.63, 3.8) is 0 Å². The fourth-order valence-corrected chi connectivity index (χ4v) is 2.96. The topological polar surface area (TPSA) is 84.5 Å². The van der Waals surface area contributed by atoms with Gasteiger partial charge >= 0.3 is 0 Å². The van der Waals surface area contributed by atoms with E-state index in [9.17, 15) is 5.11 Å². The fourth-order valence-electron chi connectivity index (χ4n) is 2.96. The number of pyridine rings is 1. The van der Waals surface area contributed by atoms with E-state index in [1.165, 1.54) is 0 Å². The summed E-state index contributed by atoms with van der Waals surface area (Å²) in [5.74, 6) is 1.95. The van der Waals surface area contributed by atoms with Crippen molar-refractivity contribution in [2.75, 3.05) is 18.1 Å². The molecule has 4 rings (SSSR count). The summed E-state index contributed by atoms with van der Waals surface area (Å²) in [5.41, 5.74) is 2.69. The fraction of sp³-hybridized carbons (Fsp3) is 0.316. The van der Waals surface area contributed by atoms with Gasteiger partial charge < -0.3 is 19.3 Å². The van der Waals surface area contributed by atoms with E-state index in [2.05, 4.69) is 15.1 Å². The molecule has 1 aliphatic rings. The van der Waals surface area contributed by atoms with Crippen LogP contribution >= 0.6 is 0 Å². The molecular formula is C19H20N4O3. The summed E-state index contributed by atoms with van der Waals surface area (Å²) in [4.78, 5) is 10.6. The second-order valence-electron chi connectivity index (χ2n) is 6.58. The molecule has 2 aromatic heterocycles. The molecule has 7 heteroatoms. The zero-order valence-corrected chi connectivity index (χ0v) is 14.7. The molecule has 0 fully saturated rings. The van der Waals surface area contributed by atoms with Gasteiger partial charge in [0.15, 0.2) is 11.5 Å². The molecule has 7 nitrogen and oxygen atoms in total. The summed E-state index contributed by atoms with van der Waals surface area (Å²) in [6.07, 6.45) is 3.49. The van der Waals surface area contributed by atoms with Crippen LogP contribution in [0.5, 0.6) is 11.5 Å². The van der Waals surface area contributed by atoms with Gasteiger partial charge in [-0.05, 0) is 28.9 Å². The minimum atomic E-state index is 0.124. The van der Waals surface area contributed by atoms with Gasteiger partial charge in [-0.3, -0.25) is 4.98 Å². The van der Waals surface area contributed by atoms with Crippen molar-refractivity contribution in [2.24, 2.45) is 0 Å². The molecule has 0 saturated heterocycles. The first-order chi connectivity index (χ1) is 12.6. The van der Waals surface area contributed by atoms with E-state index in [4.69, 9.17) is 9.26 Å². The van der Waals surface area contributed by atoms with E-state index >= 15 is 0 Å². The van der Waals surface area contributed by atoms with Gasteiger partial charge in [-0.1, -0.05) is 19.9 Å². The normalized spacial score (nSPS) is 14.0. The SMILES string of the molecule is CC(C)c1nc(N2CCOc3c(O)cc(-c4cccnc4)cc3C2)no1. The smallest absolute Gasteiger partial charge is 0.266 e. The number of aromatic hydroxyl groups is 1. The molecule has 0 unspecified atom stereocenters. The zero-order valence-electron chi connectivity index (χ0n) is 14.7. The van der Waals surface area contributed by atoms with Gasteiger partial charge in [0, 0.05) is 36.0 Å². The molecule has 0 atom stereocenters. The predicted octanol–water partition coefficient (Wildman–Crippen LogP) is 3.36. The number of phenols is 1. The Hall–Kier alpha value is -3.09. The molecule has 3 heterocycles. The van der Waals surface area contributed by atoms with Gasteiger partial charge in [-0.25, -0.2) is 0 Å². The predicted molar refractivity (Wildman–Crippen MR) is 96.3 cm³/mol. The number of anilines is 1. The van der Waals surface area contributed by atoms with Gasteiger partial charge in [-0.2, -0.15) is 4.98 Å². The molecule has 1 aromatic carbocycles. The number of rotatable bonds is 3. The van der Waals surface area contributed by atoms with Crippen LogP contribution in [0.25, 0.3) is 11.1 Å². The highest BCUT2D eigenvalue weighted by Gasteiger charge is 2.23. The zero-order chi connectivity index (χ0) is 18.1. The van der Waals surface area contributed by atoms with Crippen molar-refractivity contribution < 1.29 is 14.4 Å². The number of ether oxygens (including phenoxy) is 1. The van der Waals surface area contributed by atoms with Gasteiger partial charge in [0.25, 0.3) is 5.95 Å². The number of aromatic nitrogens is 3. The van der Waals surface area contributed by atoms with E-state index in [1.54, 1.807) is 18.5 Å². The third kappa shape index (κ3) is 3.08. The molecule has 0 bridgehead atoms. The number of benzene rings is 1. The van der Waals surface area contributed by atoms with Crippen molar-refractivity contribution in [2.45, 2.75) is 26.3 Å². The summed E-state index contributed by atoms with van der Waals surface area (Å²) >= 11 is 0. The Morgan fingerprint density at radius 2 is 2.12 bits per heavy atom. The van der Waals surface area contributed by atoms with Crippen LogP contribution in [0.2, 0.25) is 0 Å². The Morgan fingerprint density at radius 1 is 1.23 bits per heavy atom. The minimum Gasteiger partial charge on any atom is -0.504 e. The van der Waals surface area contributed by atoms with Crippen LogP contribution in [-0.2, 0) is 6.54 Å². The van der Waals surface area contributed by atoms with Gasteiger partial charge in [0.2, 0.25) is 5.89 Å². The van der Waals surface area contributed by atoms with Crippen LogP contribution in [0, 0.1) is 0 Å². The number of hydrogen-bond donors (Lipinski definition) is 1. The van der Waals surface area contributed by atoms with Crippen molar-refractivity contribution in [1.29, 1.82) is 0 Å². The van der Waals surface area contributed by atoms with Crippen molar-refractivity contribution in [3.8, 4) is 22.6 Å². The third-order valence-corrected chi connectivity index (χ3v) is 4.32. The third-order valence-electron chi connectivity index (χ3n) is 4.32. The molecule has 0 spiro atoms. The van der Waals surface area contributed by atoms with Crippen LogP contribution in [0.3, 0.4) is 0 Å². The average Bonchev–Trinajstić information content (AvgIpc) is 3.04. The number of fused-ring (bicyclic) bond motifs is 1. The largest absolute Gasteiger partial charge is 0.504 e. The molecule has 0 amide bonds. The van der Waals surface area contributed by atoms with Gasteiger partial charge in [-0.15, -0.1) is 0 Å². The van der Waals surface area contributed by atoms with Crippen LogP contribution in [0.4, 0.5) is 5.95 Å². The lowest BCUT2D eigenvalue weighted by atomic mass is 10.0. The molecule has 0 aliphatic carbocycles. The number of hydrogen-bond acceptors (Lipinski definition) is 7. The Morgan fingerprint density at radius 3 is 2.85 bits per heavy atom. The van der Waals surface area contributed by atoms with Crippen LogP contribution in [0.1, 0.15) is 31.2 Å². The lowest BCUT2D eigenvalue weighted by Gasteiger charge is -2.17. The molecule has 0 radical (unpaired) electrons. The number of phenolic OH excluding ortho intramolecular Hbond substituents is 1. The molecular weight excluding hydrogens is 332 g/mol. The maximum atomic E-state index is 10.4. The maximum Gasteiger partial charge on any atom is 0.266 e. The Bertz CT molecular complexity index is 908. The van der Waals surface area contributed by atoms with E-state index in [1.807, 2.05) is 36.9 Å². The van der Waals surface area contributed by atoms with E-state index in [-0.39, 0.29) is 11.7 Å². The van der Waals surface area contributed by atoms with Gasteiger partial charge in [0.05, 0.1) is 6.54 Å². The molecule has 26 heavy (non-hydrogen) atoms. The lowest BCUT2D eigenvalue weighted by molar-refractivity contribution is 0.311. The maximum absolute atomic E-state index is 10.4. The molecule has 1 aliphatic heterocycles. The van der Waals surface area contributed by atoms with Crippen LogP contribution < -0.4 is 9.64 Å². The first-order valence-corrected chi connectivity index (χ1v) is 8.59. The Balaban J connectivity index is 1.69. The second kappa shape index (κ2) is 6.67. The Labute approximate surface area is 151 Å². The molecule has 3 aromatic rings. The summed E-state index contributed by atoms with van der Waals surface area (Å²) < 4.78 is 11.1. The van der Waals surface area contributed by atoms with Crippen molar-refractivity contribution >= 4 is 5.95 Å². The minimum absolute atomic E-state index is 0.124. The first kappa shape index (κ1) is 16.4. The molecule has 134 valence electrons. The monoisotopic (exact) mass is 352 g/mol. The summed E-state index contributed by atoms with van der Waals surface area (Å²) in [6.45, 7) is 5.58. The van der Waals surface area contributed by atoms with Crippen molar-refractivity contribution in [3.05, 3.63) is 48.1 Å². The first-order valence-electron chi connectivity index (χ1n) is 8.59. The Kier molecular flexibility index (Phi) is 4.20. The highest BCUT2D eigenvalue weighted by atomic mass is 16.5. The summed E-state index contributed by atoms with van der Waals surface area (Å²) in [6, 6.07) is 7.54. The van der Waals surface area contributed by atoms with Crippen molar-refractivity contribution in [1.82, 2.24) is 15.1 Å². The highest BCUT2D eigenvalue weighted by Crippen LogP contribution is 2.38. The average molecular weight is 352 g/mol. The van der Waals surface area contributed by atoms with Crippen LogP contribution in [0.15, 0.2) is 41.2 Å². The summed E-state index contributed by atoms with van der Waals surface area (Å²) in [7, 11) is 0. The quantitative estimate of drug-likeness (QED) is 0.773. The van der Waals surface area contributed by atoms with Gasteiger partial charge in [0.1, 0.15) is 6.61 Å². The second-order valence-corrected chi connectivity index (χ2v) is 6.58. The highest BCUT2D eigenvalue weighted by molar-refractivity contribution is 5.68. The standard InChI is InChI=1S/C19H20N4O3/c1-12(2)18-21-19(22-26-18)23-6-7-25-17-15(11-23)8-14(9-16(17)24)13-4-3-5-20-10-13/h3-5,8-10,12,24H,6-7,11H2,1-2H3. The molecule has 0 saturated carbocycles. The van der Waals surface area contributed by atoms with Crippen LogP contribution in [-0.4, -0.2) is 33.4 Å².